The number of fused-ring (bicyclic) bond motifs is 2. The van der Waals surface area contributed by atoms with Gasteiger partial charge < -0.3 is 11.1 Å². The Kier molecular flexibility index (Phi) is 3.57. The van der Waals surface area contributed by atoms with Crippen LogP contribution in [0.2, 0.25) is 0 Å². The molecule has 1 aromatic carbocycles. The standard InChI is InChI=1S/C17H16N6O3/c1-22-14(15(18)24)12(8-19-22)21-16(25)9-4-5-10-11(7-9)20-13-3-2-6-23(13)17(10)26/h4-5,7-8H,2-3,6H2,1H3,(H2,18,24)(H,21,25). The number of aryl methyl sites for hydroxylation is 2. The Morgan fingerprint density at radius 2 is 2.12 bits per heavy atom. The summed E-state index contributed by atoms with van der Waals surface area (Å²) >= 11 is 0. The number of aromatic nitrogens is 4. The largest absolute Gasteiger partial charge is 0.364 e. The van der Waals surface area contributed by atoms with Gasteiger partial charge in [0, 0.05) is 25.6 Å². The Hall–Kier alpha value is -3.49. The van der Waals surface area contributed by atoms with E-state index in [0.717, 1.165) is 18.7 Å². The lowest BCUT2D eigenvalue weighted by Gasteiger charge is -2.08. The average molecular weight is 352 g/mol. The Morgan fingerprint density at radius 1 is 1.31 bits per heavy atom. The number of amides is 2. The summed E-state index contributed by atoms with van der Waals surface area (Å²) in [4.78, 5) is 41.0. The number of hydrogen-bond acceptors (Lipinski definition) is 5. The van der Waals surface area contributed by atoms with E-state index >= 15 is 0 Å². The molecule has 0 saturated carbocycles. The van der Waals surface area contributed by atoms with Crippen molar-refractivity contribution in [3.8, 4) is 0 Å². The van der Waals surface area contributed by atoms with Crippen LogP contribution in [0.3, 0.4) is 0 Å². The zero-order chi connectivity index (χ0) is 18.4. The van der Waals surface area contributed by atoms with Gasteiger partial charge in [0.2, 0.25) is 0 Å². The molecule has 26 heavy (non-hydrogen) atoms. The molecule has 0 aliphatic carbocycles. The fourth-order valence-electron chi connectivity index (χ4n) is 3.24. The Labute approximate surface area is 147 Å². The number of nitrogens with zero attached hydrogens (tertiary/aromatic N) is 4. The van der Waals surface area contributed by atoms with Crippen molar-refractivity contribution in [1.82, 2.24) is 19.3 Å². The van der Waals surface area contributed by atoms with Crippen LogP contribution in [0, 0.1) is 0 Å². The predicted molar refractivity (Wildman–Crippen MR) is 94.0 cm³/mol. The molecule has 0 bridgehead atoms. The summed E-state index contributed by atoms with van der Waals surface area (Å²) in [6.07, 6.45) is 3.00. The van der Waals surface area contributed by atoms with Crippen molar-refractivity contribution in [2.24, 2.45) is 12.8 Å². The zero-order valence-corrected chi connectivity index (χ0v) is 14.0. The van der Waals surface area contributed by atoms with Crippen LogP contribution in [0.25, 0.3) is 10.9 Å². The van der Waals surface area contributed by atoms with E-state index in [1.165, 1.54) is 10.9 Å². The van der Waals surface area contributed by atoms with Crippen molar-refractivity contribution >= 4 is 28.4 Å². The number of anilines is 1. The lowest BCUT2D eigenvalue weighted by molar-refractivity contribution is 0.0992. The molecule has 0 fully saturated rings. The molecule has 2 amide bonds. The SMILES string of the molecule is Cn1ncc(NC(=O)c2ccc3c(=O)n4c(nc3c2)CCC4)c1C(N)=O. The molecule has 132 valence electrons. The predicted octanol–water partition coefficient (Wildman–Crippen LogP) is 0.427. The van der Waals surface area contributed by atoms with Crippen molar-refractivity contribution in [2.75, 3.05) is 5.32 Å². The van der Waals surface area contributed by atoms with Gasteiger partial charge in [0.25, 0.3) is 17.4 Å². The summed E-state index contributed by atoms with van der Waals surface area (Å²) in [5.74, 6) is -0.391. The lowest BCUT2D eigenvalue weighted by Crippen LogP contribution is -2.22. The first kappa shape index (κ1) is 16.0. The van der Waals surface area contributed by atoms with E-state index < -0.39 is 11.8 Å². The molecule has 0 radical (unpaired) electrons. The van der Waals surface area contributed by atoms with Crippen LogP contribution in [0.1, 0.15) is 33.1 Å². The van der Waals surface area contributed by atoms with E-state index in [1.54, 1.807) is 29.8 Å². The molecule has 3 aromatic rings. The number of nitrogens with one attached hydrogen (secondary N) is 1. The van der Waals surface area contributed by atoms with E-state index in [-0.39, 0.29) is 16.9 Å². The summed E-state index contributed by atoms with van der Waals surface area (Å²) < 4.78 is 2.97. The summed E-state index contributed by atoms with van der Waals surface area (Å²) in [5.41, 5.74) is 6.38. The van der Waals surface area contributed by atoms with E-state index in [9.17, 15) is 14.4 Å². The number of carbonyl (C=O) groups is 2. The number of carbonyl (C=O) groups excluding carboxylic acids is 2. The third kappa shape index (κ3) is 2.44. The minimum absolute atomic E-state index is 0.0854. The van der Waals surface area contributed by atoms with Gasteiger partial charge in [0.1, 0.15) is 11.5 Å². The Bertz CT molecular complexity index is 1130. The number of hydrogen-bond donors (Lipinski definition) is 2. The smallest absolute Gasteiger partial charge is 0.269 e. The highest BCUT2D eigenvalue weighted by molar-refractivity contribution is 6.09. The highest BCUT2D eigenvalue weighted by atomic mass is 16.2. The lowest BCUT2D eigenvalue weighted by atomic mass is 10.1. The first-order valence-corrected chi connectivity index (χ1v) is 8.12. The molecule has 4 rings (SSSR count). The molecule has 1 aliphatic rings. The fraction of sp³-hybridized carbons (Fsp3) is 0.235. The van der Waals surface area contributed by atoms with Crippen LogP contribution in [0.4, 0.5) is 5.69 Å². The topological polar surface area (TPSA) is 125 Å². The minimum Gasteiger partial charge on any atom is -0.364 e. The average Bonchev–Trinajstić information content (AvgIpc) is 3.21. The molecular weight excluding hydrogens is 336 g/mol. The van der Waals surface area contributed by atoms with Gasteiger partial charge in [-0.25, -0.2) is 4.98 Å². The van der Waals surface area contributed by atoms with Crippen molar-refractivity contribution < 1.29 is 9.59 Å². The van der Waals surface area contributed by atoms with Crippen LogP contribution >= 0.6 is 0 Å². The van der Waals surface area contributed by atoms with Gasteiger partial charge in [-0.15, -0.1) is 0 Å². The molecule has 0 spiro atoms. The van der Waals surface area contributed by atoms with Crippen LogP contribution < -0.4 is 16.6 Å². The molecule has 1 aliphatic heterocycles. The second-order valence-electron chi connectivity index (χ2n) is 6.17. The number of rotatable bonds is 3. The fourth-order valence-corrected chi connectivity index (χ4v) is 3.24. The van der Waals surface area contributed by atoms with Gasteiger partial charge in [-0.2, -0.15) is 5.10 Å². The van der Waals surface area contributed by atoms with Crippen LogP contribution in [0.5, 0.6) is 0 Å². The Morgan fingerprint density at radius 3 is 2.88 bits per heavy atom. The molecule has 3 N–H and O–H groups in total. The first-order valence-electron chi connectivity index (χ1n) is 8.12. The zero-order valence-electron chi connectivity index (χ0n) is 14.0. The molecule has 3 heterocycles. The van der Waals surface area contributed by atoms with Gasteiger partial charge in [0.05, 0.1) is 22.8 Å². The highest BCUT2D eigenvalue weighted by Crippen LogP contribution is 2.18. The van der Waals surface area contributed by atoms with Crippen LogP contribution in [-0.4, -0.2) is 31.1 Å². The number of benzene rings is 1. The summed E-state index contributed by atoms with van der Waals surface area (Å²) in [5, 5.41) is 7.03. The normalized spacial score (nSPS) is 13.0. The maximum absolute atomic E-state index is 12.5. The van der Waals surface area contributed by atoms with E-state index in [4.69, 9.17) is 5.73 Å². The van der Waals surface area contributed by atoms with Crippen molar-refractivity contribution in [1.29, 1.82) is 0 Å². The van der Waals surface area contributed by atoms with Crippen LogP contribution in [0.15, 0.2) is 29.2 Å². The van der Waals surface area contributed by atoms with Gasteiger partial charge in [-0.1, -0.05) is 0 Å². The van der Waals surface area contributed by atoms with E-state index in [2.05, 4.69) is 15.4 Å². The maximum Gasteiger partial charge on any atom is 0.269 e. The van der Waals surface area contributed by atoms with Crippen molar-refractivity contribution in [3.05, 3.63) is 51.8 Å². The summed E-state index contributed by atoms with van der Waals surface area (Å²) in [6, 6.07) is 4.73. The molecule has 2 aromatic heterocycles. The van der Waals surface area contributed by atoms with E-state index in [0.29, 0.717) is 23.0 Å². The third-order valence-electron chi connectivity index (χ3n) is 4.50. The molecular formula is C17H16N6O3. The third-order valence-corrected chi connectivity index (χ3v) is 4.50. The van der Waals surface area contributed by atoms with Gasteiger partial charge >= 0.3 is 0 Å². The summed E-state index contributed by atoms with van der Waals surface area (Å²) in [7, 11) is 1.56. The van der Waals surface area contributed by atoms with E-state index in [1.807, 2.05) is 0 Å². The van der Waals surface area contributed by atoms with Gasteiger partial charge in [-0.3, -0.25) is 23.6 Å². The minimum atomic E-state index is -0.691. The quantitative estimate of drug-likeness (QED) is 0.707. The number of nitrogens with two attached hydrogens (primary N) is 1. The van der Waals surface area contributed by atoms with Crippen molar-refractivity contribution in [2.45, 2.75) is 19.4 Å². The molecule has 9 nitrogen and oxygen atoms in total. The second kappa shape index (κ2) is 5.80. The molecule has 9 heteroatoms. The first-order chi connectivity index (χ1) is 12.5. The van der Waals surface area contributed by atoms with Crippen LogP contribution in [-0.2, 0) is 20.0 Å². The van der Waals surface area contributed by atoms with Gasteiger partial charge in [0.15, 0.2) is 0 Å². The maximum atomic E-state index is 12.5. The summed E-state index contributed by atoms with van der Waals surface area (Å²) in [6.45, 7) is 0.677. The molecule has 0 saturated heterocycles. The monoisotopic (exact) mass is 352 g/mol. The molecule has 0 atom stereocenters. The number of primary amides is 1. The van der Waals surface area contributed by atoms with Gasteiger partial charge in [-0.05, 0) is 24.6 Å². The highest BCUT2D eigenvalue weighted by Gasteiger charge is 2.19. The second-order valence-corrected chi connectivity index (χ2v) is 6.17. The molecule has 0 unspecified atom stereocenters. The van der Waals surface area contributed by atoms with Crippen molar-refractivity contribution in [3.63, 3.8) is 0 Å². The Balaban J connectivity index is 1.71.